The summed E-state index contributed by atoms with van der Waals surface area (Å²) < 4.78 is 4.44. The molecule has 1 aromatic heterocycles. The lowest BCUT2D eigenvalue weighted by Gasteiger charge is -1.99. The minimum atomic E-state index is -0.425. The van der Waals surface area contributed by atoms with E-state index in [-0.39, 0.29) is 0 Å². The Morgan fingerprint density at radius 1 is 1.62 bits per heavy atom. The van der Waals surface area contributed by atoms with Crippen LogP contribution < -0.4 is 5.32 Å². The summed E-state index contributed by atoms with van der Waals surface area (Å²) in [5.74, 6) is 0. The molecule has 1 heterocycles. The van der Waals surface area contributed by atoms with Crippen LogP contribution in [0.3, 0.4) is 0 Å². The lowest BCUT2D eigenvalue weighted by Crippen LogP contribution is -2.22. The molecule has 0 fully saturated rings. The molecule has 0 atom stereocenters. The number of amides is 1. The number of hydrogen-bond acceptors (Lipinski definition) is 4. The summed E-state index contributed by atoms with van der Waals surface area (Å²) in [6.45, 7) is 4.40. The maximum atomic E-state index is 10.7. The van der Waals surface area contributed by atoms with Gasteiger partial charge in [-0.25, -0.2) is 9.78 Å². The summed E-state index contributed by atoms with van der Waals surface area (Å²) in [6, 6.07) is 0. The monoisotopic (exact) mass is 200 g/mol. The fraction of sp³-hybridized carbons (Fsp3) is 0.500. The summed E-state index contributed by atoms with van der Waals surface area (Å²) in [5.41, 5.74) is 1.02. The fourth-order valence-electron chi connectivity index (χ4n) is 0.835. The van der Waals surface area contributed by atoms with Gasteiger partial charge in [0.2, 0.25) is 0 Å². The van der Waals surface area contributed by atoms with Crippen LogP contribution in [0.2, 0.25) is 0 Å². The molecule has 0 aromatic carbocycles. The maximum absolute atomic E-state index is 10.7. The van der Waals surface area contributed by atoms with Crippen LogP contribution in [-0.4, -0.2) is 18.2 Å². The molecule has 1 rings (SSSR count). The molecule has 0 spiro atoms. The number of rotatable bonds is 2. The molecule has 0 saturated heterocycles. The van der Waals surface area contributed by atoms with E-state index in [4.69, 9.17) is 0 Å². The first-order valence-electron chi connectivity index (χ1n) is 3.88. The highest BCUT2D eigenvalue weighted by molar-refractivity contribution is 7.11. The van der Waals surface area contributed by atoms with Gasteiger partial charge in [0.25, 0.3) is 0 Å². The van der Waals surface area contributed by atoms with E-state index < -0.39 is 6.09 Å². The second kappa shape index (κ2) is 4.23. The Labute approximate surface area is 80.9 Å². The van der Waals surface area contributed by atoms with E-state index in [1.165, 1.54) is 12.0 Å². The third-order valence-corrected chi connectivity index (χ3v) is 2.72. The molecule has 0 bridgehead atoms. The number of carbonyl (C=O) groups excluding carboxylic acids is 1. The van der Waals surface area contributed by atoms with Gasteiger partial charge in [-0.3, -0.25) is 0 Å². The van der Waals surface area contributed by atoms with Crippen molar-refractivity contribution in [1.29, 1.82) is 0 Å². The van der Waals surface area contributed by atoms with E-state index in [0.717, 1.165) is 10.7 Å². The topological polar surface area (TPSA) is 51.2 Å². The molecule has 0 saturated carbocycles. The van der Waals surface area contributed by atoms with Crippen molar-refractivity contribution in [2.45, 2.75) is 20.4 Å². The van der Waals surface area contributed by atoms with E-state index in [9.17, 15) is 4.79 Å². The smallest absolute Gasteiger partial charge is 0.407 e. The Balaban J connectivity index is 2.50. The summed E-state index contributed by atoms with van der Waals surface area (Å²) in [5, 5.41) is 3.48. The normalized spacial score (nSPS) is 9.77. The second-order valence-corrected chi connectivity index (χ2v) is 3.88. The van der Waals surface area contributed by atoms with Gasteiger partial charge in [0.05, 0.1) is 19.3 Å². The molecule has 1 amide bonds. The van der Waals surface area contributed by atoms with Crippen molar-refractivity contribution in [3.05, 3.63) is 15.6 Å². The van der Waals surface area contributed by atoms with Gasteiger partial charge in [0, 0.05) is 4.88 Å². The zero-order chi connectivity index (χ0) is 9.84. The molecule has 0 aliphatic carbocycles. The Morgan fingerprint density at radius 2 is 2.31 bits per heavy atom. The second-order valence-electron chi connectivity index (χ2n) is 2.59. The minimum absolute atomic E-state index is 0.425. The van der Waals surface area contributed by atoms with E-state index in [1.807, 2.05) is 13.8 Å². The zero-order valence-electron chi connectivity index (χ0n) is 7.88. The number of aryl methyl sites for hydroxylation is 2. The highest BCUT2D eigenvalue weighted by Crippen LogP contribution is 2.15. The summed E-state index contributed by atoms with van der Waals surface area (Å²) in [6.07, 6.45) is -0.425. The first-order valence-corrected chi connectivity index (χ1v) is 4.70. The Kier molecular flexibility index (Phi) is 3.25. The Bertz CT molecular complexity index is 290. The average molecular weight is 200 g/mol. The fourth-order valence-corrected chi connectivity index (χ4v) is 1.71. The number of ether oxygens (including phenoxy) is 1. The molecule has 0 aliphatic rings. The van der Waals surface area contributed by atoms with Crippen LogP contribution in [0, 0.1) is 13.8 Å². The van der Waals surface area contributed by atoms with Crippen LogP contribution in [0.1, 0.15) is 15.6 Å². The van der Waals surface area contributed by atoms with Crippen molar-refractivity contribution >= 4 is 17.4 Å². The standard InChI is InChI=1S/C8H12N2O2S/c1-5-6(2)13-7(10-5)4-9-8(11)12-3/h4H2,1-3H3,(H,9,11). The van der Waals surface area contributed by atoms with Gasteiger partial charge < -0.3 is 10.1 Å². The number of carbonyl (C=O) groups is 1. The number of nitrogens with zero attached hydrogens (tertiary/aromatic N) is 1. The summed E-state index contributed by atoms with van der Waals surface area (Å²) >= 11 is 1.59. The molecule has 0 unspecified atom stereocenters. The van der Waals surface area contributed by atoms with E-state index in [1.54, 1.807) is 11.3 Å². The maximum Gasteiger partial charge on any atom is 0.407 e. The highest BCUT2D eigenvalue weighted by atomic mass is 32.1. The van der Waals surface area contributed by atoms with Crippen molar-refractivity contribution in [2.24, 2.45) is 0 Å². The zero-order valence-corrected chi connectivity index (χ0v) is 8.70. The first kappa shape index (κ1) is 9.98. The lowest BCUT2D eigenvalue weighted by molar-refractivity contribution is 0.170. The van der Waals surface area contributed by atoms with E-state index in [2.05, 4.69) is 15.0 Å². The predicted molar refractivity (Wildman–Crippen MR) is 50.8 cm³/mol. The van der Waals surface area contributed by atoms with Crippen LogP contribution in [0.15, 0.2) is 0 Å². The number of hydrogen-bond donors (Lipinski definition) is 1. The van der Waals surface area contributed by atoms with Gasteiger partial charge in [-0.15, -0.1) is 11.3 Å². The number of nitrogens with one attached hydrogen (secondary N) is 1. The van der Waals surface area contributed by atoms with Gasteiger partial charge in [-0.1, -0.05) is 0 Å². The molecular formula is C8H12N2O2S. The van der Waals surface area contributed by atoms with Crippen LogP contribution in [0.4, 0.5) is 4.79 Å². The number of alkyl carbamates (subject to hydrolysis) is 1. The van der Waals surface area contributed by atoms with Crippen molar-refractivity contribution in [2.75, 3.05) is 7.11 Å². The third kappa shape index (κ3) is 2.69. The van der Waals surface area contributed by atoms with E-state index >= 15 is 0 Å². The van der Waals surface area contributed by atoms with Gasteiger partial charge in [-0.05, 0) is 13.8 Å². The Hall–Kier alpha value is -1.10. The van der Waals surface area contributed by atoms with Gasteiger partial charge in [0.15, 0.2) is 0 Å². The predicted octanol–water partition coefficient (Wildman–Crippen LogP) is 1.62. The van der Waals surface area contributed by atoms with Crippen LogP contribution in [0.25, 0.3) is 0 Å². The van der Waals surface area contributed by atoms with Gasteiger partial charge in [0.1, 0.15) is 5.01 Å². The largest absolute Gasteiger partial charge is 0.453 e. The molecule has 0 radical (unpaired) electrons. The summed E-state index contributed by atoms with van der Waals surface area (Å²) in [4.78, 5) is 16.2. The molecule has 4 nitrogen and oxygen atoms in total. The summed E-state index contributed by atoms with van der Waals surface area (Å²) in [7, 11) is 1.34. The van der Waals surface area contributed by atoms with Crippen LogP contribution in [0.5, 0.6) is 0 Å². The molecular weight excluding hydrogens is 188 g/mol. The molecule has 1 N–H and O–H groups in total. The SMILES string of the molecule is COC(=O)NCc1nc(C)c(C)s1. The molecule has 5 heteroatoms. The number of thiazole rings is 1. The number of aromatic nitrogens is 1. The van der Waals surface area contributed by atoms with Gasteiger partial charge >= 0.3 is 6.09 Å². The Morgan fingerprint density at radius 3 is 2.77 bits per heavy atom. The quantitative estimate of drug-likeness (QED) is 0.789. The molecule has 13 heavy (non-hydrogen) atoms. The van der Waals surface area contributed by atoms with Gasteiger partial charge in [-0.2, -0.15) is 0 Å². The average Bonchev–Trinajstić information content (AvgIpc) is 2.42. The van der Waals surface area contributed by atoms with Crippen molar-refractivity contribution < 1.29 is 9.53 Å². The van der Waals surface area contributed by atoms with E-state index in [0.29, 0.717) is 6.54 Å². The lowest BCUT2D eigenvalue weighted by atomic mass is 10.4. The molecule has 72 valence electrons. The molecule has 1 aromatic rings. The van der Waals surface area contributed by atoms with Crippen LogP contribution >= 0.6 is 11.3 Å². The van der Waals surface area contributed by atoms with Crippen molar-refractivity contribution in [3.63, 3.8) is 0 Å². The highest BCUT2D eigenvalue weighted by Gasteiger charge is 2.04. The van der Waals surface area contributed by atoms with Crippen LogP contribution in [-0.2, 0) is 11.3 Å². The third-order valence-electron chi connectivity index (χ3n) is 1.64. The first-order chi connectivity index (χ1) is 6.13. The van der Waals surface area contributed by atoms with Crippen molar-refractivity contribution in [3.8, 4) is 0 Å². The molecule has 0 aliphatic heterocycles. The van der Waals surface area contributed by atoms with Crippen molar-refractivity contribution in [1.82, 2.24) is 10.3 Å². The minimum Gasteiger partial charge on any atom is -0.453 e. The number of methoxy groups -OCH3 is 1.